The molecule has 0 saturated heterocycles. The van der Waals surface area contributed by atoms with Gasteiger partial charge in [-0.1, -0.05) is 0 Å². The molecule has 3 aromatic rings. The molecule has 142 valence electrons. The highest BCUT2D eigenvalue weighted by Gasteiger charge is 2.39. The lowest BCUT2D eigenvalue weighted by Crippen LogP contribution is -2.31. The van der Waals surface area contributed by atoms with E-state index in [9.17, 15) is 27.9 Å². The first-order valence-electron chi connectivity index (χ1n) is 7.24. The molecule has 1 aromatic carbocycles. The van der Waals surface area contributed by atoms with Crippen LogP contribution in [0.2, 0.25) is 0 Å². The number of hydrogen-bond acceptors (Lipinski definition) is 7. The quantitative estimate of drug-likeness (QED) is 0.723. The van der Waals surface area contributed by atoms with Gasteiger partial charge >= 0.3 is 12.1 Å². The van der Waals surface area contributed by atoms with Gasteiger partial charge in [-0.25, -0.2) is 0 Å². The van der Waals surface area contributed by atoms with Crippen molar-refractivity contribution in [1.29, 1.82) is 0 Å². The Morgan fingerprint density at radius 3 is 2.33 bits per heavy atom. The summed E-state index contributed by atoms with van der Waals surface area (Å²) in [6.45, 7) is 0. The van der Waals surface area contributed by atoms with E-state index in [4.69, 9.17) is 9.47 Å². The number of benzene rings is 1. The lowest BCUT2D eigenvalue weighted by Gasteiger charge is -2.10. The van der Waals surface area contributed by atoms with Gasteiger partial charge in [0.2, 0.25) is 0 Å². The molecule has 7 nitrogen and oxygen atoms in total. The fourth-order valence-corrected chi connectivity index (χ4v) is 3.60. The van der Waals surface area contributed by atoms with Crippen molar-refractivity contribution in [3.8, 4) is 11.5 Å². The van der Waals surface area contributed by atoms with E-state index < -0.39 is 28.6 Å². The number of fused-ring (bicyclic) bond motifs is 3. The number of ether oxygens (including phenoxy) is 2. The van der Waals surface area contributed by atoms with Gasteiger partial charge in [0.15, 0.2) is 11.5 Å². The third-order valence-corrected chi connectivity index (χ3v) is 4.92. The van der Waals surface area contributed by atoms with Crippen LogP contribution >= 0.6 is 11.3 Å². The Morgan fingerprint density at radius 2 is 1.78 bits per heavy atom. The van der Waals surface area contributed by atoms with Crippen LogP contribution in [0.3, 0.4) is 0 Å². The Labute approximate surface area is 153 Å². The zero-order valence-electron chi connectivity index (χ0n) is 13.8. The maximum absolute atomic E-state index is 12.6. The molecule has 0 radical (unpaired) electrons. The van der Waals surface area contributed by atoms with Crippen LogP contribution in [-0.4, -0.2) is 37.3 Å². The number of nitrogens with one attached hydrogen (secondary N) is 1. The summed E-state index contributed by atoms with van der Waals surface area (Å²) in [4.78, 5) is 26.3. The molecular formula is C16H10F3N2O5S-. The molecule has 0 saturated carbocycles. The van der Waals surface area contributed by atoms with Gasteiger partial charge in [0.25, 0.3) is 0 Å². The first-order chi connectivity index (χ1) is 12.7. The molecule has 0 unspecified atom stereocenters. The van der Waals surface area contributed by atoms with Gasteiger partial charge in [0.05, 0.1) is 36.3 Å². The van der Waals surface area contributed by atoms with Gasteiger partial charge in [0, 0.05) is 27.7 Å². The van der Waals surface area contributed by atoms with Gasteiger partial charge in [-0.3, -0.25) is 9.78 Å². The molecule has 11 heteroatoms. The topological polar surface area (TPSA) is 101 Å². The van der Waals surface area contributed by atoms with E-state index in [1.807, 2.05) is 0 Å². The van der Waals surface area contributed by atoms with E-state index in [0.717, 1.165) is 0 Å². The normalized spacial score (nSPS) is 11.6. The fraction of sp³-hybridized carbons (Fsp3) is 0.188. The largest absolute Gasteiger partial charge is 0.544 e. The van der Waals surface area contributed by atoms with Gasteiger partial charge in [-0.2, -0.15) is 13.2 Å². The molecule has 0 fully saturated rings. The number of hydrogen-bond donors (Lipinski definition) is 1. The Hall–Kier alpha value is -3.08. The van der Waals surface area contributed by atoms with E-state index in [2.05, 4.69) is 4.98 Å². The molecule has 0 spiro atoms. The number of rotatable bonds is 4. The third-order valence-electron chi connectivity index (χ3n) is 3.71. The summed E-state index contributed by atoms with van der Waals surface area (Å²) in [5, 5.41) is 13.4. The fourth-order valence-electron chi connectivity index (χ4n) is 2.51. The Balaban J connectivity index is 2.30. The molecule has 0 aliphatic carbocycles. The number of nitrogens with zero attached hydrogens (tertiary/aromatic N) is 1. The number of halogens is 3. The van der Waals surface area contributed by atoms with Gasteiger partial charge in [-0.15, -0.1) is 11.3 Å². The van der Waals surface area contributed by atoms with Crippen LogP contribution in [0.1, 0.15) is 9.67 Å². The van der Waals surface area contributed by atoms with Crippen LogP contribution in [0.5, 0.6) is 11.5 Å². The smallest absolute Gasteiger partial charge is 0.471 e. The summed E-state index contributed by atoms with van der Waals surface area (Å²) in [7, 11) is 2.82. The van der Waals surface area contributed by atoms with E-state index >= 15 is 0 Å². The summed E-state index contributed by atoms with van der Waals surface area (Å²) >= 11 is 0.666. The molecule has 1 amide bonds. The van der Waals surface area contributed by atoms with Crippen LogP contribution in [0.15, 0.2) is 18.3 Å². The first-order valence-corrected chi connectivity index (χ1v) is 8.05. The van der Waals surface area contributed by atoms with Crippen LogP contribution in [0, 0.1) is 0 Å². The highest BCUT2D eigenvalue weighted by molar-refractivity contribution is 7.22. The van der Waals surface area contributed by atoms with Crippen molar-refractivity contribution in [2.75, 3.05) is 19.5 Å². The molecule has 2 aromatic heterocycles. The van der Waals surface area contributed by atoms with Crippen molar-refractivity contribution >= 4 is 49.9 Å². The molecule has 1 N–H and O–H groups in total. The molecule has 3 rings (SSSR count). The highest BCUT2D eigenvalue weighted by atomic mass is 32.1. The number of carbonyl (C=O) groups excluding carboxylic acids is 2. The molecule has 0 bridgehead atoms. The number of anilines is 1. The van der Waals surface area contributed by atoms with Crippen molar-refractivity contribution in [1.82, 2.24) is 4.98 Å². The number of carboxylic acids is 1. The molecule has 0 aliphatic rings. The average molecular weight is 399 g/mol. The predicted octanol–water partition coefficient (Wildman–Crippen LogP) is 2.33. The minimum absolute atomic E-state index is 0.0384. The van der Waals surface area contributed by atoms with Crippen LogP contribution in [0.25, 0.3) is 21.0 Å². The molecule has 0 aliphatic heterocycles. The standard InChI is InChI=1S/C16H11F3N2O5S/c1-25-9-3-6-8(4-10(9)26-2)20-5-7-11(21-15(24)16(17,18)19)13(14(22)23)27-12(6)7/h3-5H,1-2H3,(H,21,24)(H,22,23)/p-1. The second-order valence-corrected chi connectivity index (χ2v) is 6.29. The zero-order chi connectivity index (χ0) is 19.9. The number of methoxy groups -OCH3 is 2. The van der Waals surface area contributed by atoms with Crippen molar-refractivity contribution in [2.24, 2.45) is 0 Å². The van der Waals surface area contributed by atoms with E-state index in [0.29, 0.717) is 38.4 Å². The monoisotopic (exact) mass is 399 g/mol. The Morgan fingerprint density at radius 1 is 1.15 bits per heavy atom. The number of alkyl halides is 3. The van der Waals surface area contributed by atoms with Crippen LogP contribution in [0.4, 0.5) is 18.9 Å². The van der Waals surface area contributed by atoms with E-state index in [1.54, 1.807) is 11.4 Å². The lowest BCUT2D eigenvalue weighted by atomic mass is 10.1. The summed E-state index contributed by atoms with van der Waals surface area (Å²) in [6, 6.07) is 3.06. The maximum atomic E-state index is 12.6. The number of pyridine rings is 1. The summed E-state index contributed by atoms with van der Waals surface area (Å²) in [5.74, 6) is -3.32. The lowest BCUT2D eigenvalue weighted by molar-refractivity contribution is -0.254. The van der Waals surface area contributed by atoms with Crippen molar-refractivity contribution < 1.29 is 37.3 Å². The second kappa shape index (κ2) is 6.58. The van der Waals surface area contributed by atoms with Gasteiger partial charge in [-0.05, 0) is 6.07 Å². The van der Waals surface area contributed by atoms with E-state index in [1.165, 1.54) is 26.5 Å². The number of carbonyl (C=O) groups is 2. The number of amides is 1. The van der Waals surface area contributed by atoms with Crippen molar-refractivity contribution in [3.63, 3.8) is 0 Å². The third kappa shape index (κ3) is 3.21. The Kier molecular flexibility index (Phi) is 4.56. The SMILES string of the molecule is COc1cc2ncc3c(NC(=O)C(F)(F)F)c(C(=O)[O-])sc3c2cc1OC. The summed E-state index contributed by atoms with van der Waals surface area (Å²) < 4.78 is 48.4. The summed E-state index contributed by atoms with van der Waals surface area (Å²) in [5.41, 5.74) is -0.110. The minimum Gasteiger partial charge on any atom is -0.544 e. The molecule has 27 heavy (non-hydrogen) atoms. The molecule has 2 heterocycles. The van der Waals surface area contributed by atoms with Crippen LogP contribution in [-0.2, 0) is 4.79 Å². The highest BCUT2D eigenvalue weighted by Crippen LogP contribution is 2.42. The number of thiophene rings is 1. The Bertz CT molecular complexity index is 1080. The van der Waals surface area contributed by atoms with Crippen LogP contribution < -0.4 is 19.9 Å². The van der Waals surface area contributed by atoms with Gasteiger partial charge < -0.3 is 24.7 Å². The second-order valence-electron chi connectivity index (χ2n) is 5.27. The number of aromatic carboxylic acids is 1. The van der Waals surface area contributed by atoms with Gasteiger partial charge in [0.1, 0.15) is 0 Å². The number of carboxylic acid groups (broad SMARTS) is 1. The molecular weight excluding hydrogens is 389 g/mol. The van der Waals surface area contributed by atoms with Crippen molar-refractivity contribution in [3.05, 3.63) is 23.2 Å². The average Bonchev–Trinajstić information content (AvgIpc) is 2.98. The molecule has 0 atom stereocenters. The predicted molar refractivity (Wildman–Crippen MR) is 89.2 cm³/mol. The minimum atomic E-state index is -5.18. The summed E-state index contributed by atoms with van der Waals surface area (Å²) in [6.07, 6.45) is -4.00. The number of aromatic nitrogens is 1. The first kappa shape index (κ1) is 18.7. The van der Waals surface area contributed by atoms with Crippen molar-refractivity contribution in [2.45, 2.75) is 6.18 Å². The zero-order valence-corrected chi connectivity index (χ0v) is 14.6. The maximum Gasteiger partial charge on any atom is 0.471 e. The van der Waals surface area contributed by atoms with E-state index in [-0.39, 0.29) is 5.39 Å².